The molecule has 0 radical (unpaired) electrons. The highest BCUT2D eigenvalue weighted by Crippen LogP contribution is 2.25. The Bertz CT molecular complexity index is 663. The van der Waals surface area contributed by atoms with Gasteiger partial charge in [-0.15, -0.1) is 11.3 Å². The largest absolute Gasteiger partial charge is 0.384 e. The van der Waals surface area contributed by atoms with Crippen LogP contribution >= 0.6 is 11.3 Å². The smallest absolute Gasteiger partial charge is 0.185 e. The maximum atomic E-state index is 13.0. The molecule has 2 N–H and O–H groups in total. The first-order chi connectivity index (χ1) is 11.4. The van der Waals surface area contributed by atoms with Crippen LogP contribution in [0, 0.1) is 12.7 Å². The second-order valence-corrected chi connectivity index (χ2v) is 7.53. The Morgan fingerprint density at radius 2 is 2.00 bits per heavy atom. The number of halogens is 1. The Balaban J connectivity index is 1.50. The van der Waals surface area contributed by atoms with Crippen molar-refractivity contribution in [2.24, 2.45) is 0 Å². The Labute approximate surface area is 146 Å². The van der Waals surface area contributed by atoms with Gasteiger partial charge in [0, 0.05) is 31.1 Å². The van der Waals surface area contributed by atoms with Gasteiger partial charge in [0.25, 0.3) is 0 Å². The van der Waals surface area contributed by atoms with Gasteiger partial charge in [-0.2, -0.15) is 0 Å². The summed E-state index contributed by atoms with van der Waals surface area (Å²) in [6, 6.07) is 6.44. The molecule has 130 valence electrons. The third-order valence-electron chi connectivity index (χ3n) is 4.57. The van der Waals surface area contributed by atoms with E-state index in [4.69, 9.17) is 0 Å². The molecule has 1 aromatic heterocycles. The molecule has 1 fully saturated rings. The minimum absolute atomic E-state index is 0.285. The van der Waals surface area contributed by atoms with E-state index in [2.05, 4.69) is 20.6 Å². The molecule has 1 aromatic carbocycles. The number of aromatic nitrogens is 1. The van der Waals surface area contributed by atoms with E-state index in [1.807, 2.05) is 6.92 Å². The fourth-order valence-electron chi connectivity index (χ4n) is 3.02. The average Bonchev–Trinajstić information content (AvgIpc) is 3.00. The Morgan fingerprint density at radius 3 is 2.58 bits per heavy atom. The molecular weight excluding hydrogens is 325 g/mol. The lowest BCUT2D eigenvalue weighted by Crippen LogP contribution is -2.46. The molecule has 0 bridgehead atoms. The first-order valence-corrected chi connectivity index (χ1v) is 9.21. The molecule has 1 atom stereocenters. The summed E-state index contributed by atoms with van der Waals surface area (Å²) in [6.07, 6.45) is 2.05. The molecule has 0 amide bonds. The number of rotatable bonds is 5. The van der Waals surface area contributed by atoms with E-state index < -0.39 is 5.60 Å². The fourth-order valence-corrected chi connectivity index (χ4v) is 3.87. The number of piperidine rings is 1. The minimum atomic E-state index is -1.00. The average molecular weight is 349 g/mol. The summed E-state index contributed by atoms with van der Waals surface area (Å²) in [6.45, 7) is 6.19. The normalized spacial score (nSPS) is 18.6. The zero-order valence-corrected chi connectivity index (χ0v) is 14.9. The highest BCUT2D eigenvalue weighted by atomic mass is 32.1. The molecule has 0 unspecified atom stereocenters. The van der Waals surface area contributed by atoms with Crippen LogP contribution in [0.4, 0.5) is 9.52 Å². The monoisotopic (exact) mass is 349 g/mol. The number of benzene rings is 1. The van der Waals surface area contributed by atoms with E-state index in [1.165, 1.54) is 12.1 Å². The quantitative estimate of drug-likeness (QED) is 0.871. The molecule has 2 aromatic rings. The molecule has 3 rings (SSSR count). The van der Waals surface area contributed by atoms with Crippen LogP contribution in [-0.4, -0.2) is 35.8 Å². The summed E-state index contributed by atoms with van der Waals surface area (Å²) in [5, 5.41) is 17.3. The zero-order valence-electron chi connectivity index (χ0n) is 14.1. The maximum absolute atomic E-state index is 13.0. The van der Waals surface area contributed by atoms with E-state index >= 15 is 0 Å². The first kappa shape index (κ1) is 17.3. The van der Waals surface area contributed by atoms with E-state index in [-0.39, 0.29) is 5.82 Å². The van der Waals surface area contributed by atoms with E-state index in [9.17, 15) is 9.50 Å². The minimum Gasteiger partial charge on any atom is -0.384 e. The van der Waals surface area contributed by atoms with Crippen LogP contribution in [0.5, 0.6) is 0 Å². The third kappa shape index (κ3) is 4.12. The second kappa shape index (κ2) is 7.17. The molecule has 0 aliphatic carbocycles. The summed E-state index contributed by atoms with van der Waals surface area (Å²) in [5.41, 5.74) is 0.801. The van der Waals surface area contributed by atoms with Gasteiger partial charge in [-0.3, -0.25) is 0 Å². The van der Waals surface area contributed by atoms with Crippen LogP contribution in [0.15, 0.2) is 29.6 Å². The molecule has 1 aliphatic rings. The van der Waals surface area contributed by atoms with Crippen molar-refractivity contribution in [1.82, 2.24) is 10.3 Å². The fraction of sp³-hybridized carbons (Fsp3) is 0.500. The molecule has 2 heterocycles. The number of aryl methyl sites for hydroxylation is 1. The highest BCUT2D eigenvalue weighted by molar-refractivity contribution is 7.13. The van der Waals surface area contributed by atoms with Crippen LogP contribution in [0.1, 0.15) is 31.0 Å². The van der Waals surface area contributed by atoms with Crippen molar-refractivity contribution in [2.75, 3.05) is 24.5 Å². The molecule has 6 heteroatoms. The Kier molecular flexibility index (Phi) is 5.18. The van der Waals surface area contributed by atoms with E-state index in [0.717, 1.165) is 42.3 Å². The van der Waals surface area contributed by atoms with Crippen molar-refractivity contribution in [3.05, 3.63) is 46.7 Å². The Hall–Kier alpha value is -1.50. The first-order valence-electron chi connectivity index (χ1n) is 8.33. The van der Waals surface area contributed by atoms with Gasteiger partial charge in [-0.25, -0.2) is 9.37 Å². The van der Waals surface area contributed by atoms with Crippen molar-refractivity contribution < 1.29 is 9.50 Å². The molecule has 4 nitrogen and oxygen atoms in total. The molecule has 0 spiro atoms. The van der Waals surface area contributed by atoms with Gasteiger partial charge in [0.05, 0.1) is 11.3 Å². The van der Waals surface area contributed by atoms with Crippen LogP contribution < -0.4 is 10.2 Å². The predicted octanol–water partition coefficient (Wildman–Crippen LogP) is 3.06. The molecule has 1 saturated heterocycles. The van der Waals surface area contributed by atoms with Crippen LogP contribution in [0.25, 0.3) is 0 Å². The van der Waals surface area contributed by atoms with Crippen molar-refractivity contribution in [1.29, 1.82) is 0 Å². The second-order valence-electron chi connectivity index (χ2n) is 6.69. The molecular formula is C18H24FN3OS. The predicted molar refractivity (Wildman–Crippen MR) is 96.1 cm³/mol. The van der Waals surface area contributed by atoms with Gasteiger partial charge in [0.15, 0.2) is 5.13 Å². The summed E-state index contributed by atoms with van der Waals surface area (Å²) in [5.74, 6) is -0.285. The number of hydrogen-bond acceptors (Lipinski definition) is 5. The zero-order chi connectivity index (χ0) is 17.2. The van der Waals surface area contributed by atoms with E-state index in [1.54, 1.807) is 30.4 Å². The van der Waals surface area contributed by atoms with Crippen LogP contribution in [-0.2, 0) is 5.60 Å². The number of anilines is 1. The van der Waals surface area contributed by atoms with Gasteiger partial charge < -0.3 is 15.3 Å². The Morgan fingerprint density at radius 1 is 1.33 bits per heavy atom. The number of nitrogens with zero attached hydrogens (tertiary/aromatic N) is 2. The summed E-state index contributed by atoms with van der Waals surface area (Å²) in [7, 11) is 0. The van der Waals surface area contributed by atoms with Gasteiger partial charge in [-0.1, -0.05) is 12.1 Å². The molecule has 24 heavy (non-hydrogen) atoms. The van der Waals surface area contributed by atoms with Crippen molar-refractivity contribution in [2.45, 2.75) is 38.3 Å². The highest BCUT2D eigenvalue weighted by Gasteiger charge is 2.26. The summed E-state index contributed by atoms with van der Waals surface area (Å²) in [4.78, 5) is 6.87. The number of aliphatic hydroxyl groups is 1. The summed E-state index contributed by atoms with van der Waals surface area (Å²) >= 11 is 1.70. The van der Waals surface area contributed by atoms with E-state index in [0.29, 0.717) is 12.6 Å². The molecule has 0 saturated carbocycles. The summed E-state index contributed by atoms with van der Waals surface area (Å²) < 4.78 is 13.0. The SMILES string of the molecule is Cc1csc(N2CCC(NC[C@](C)(O)c3ccc(F)cc3)CC2)n1. The van der Waals surface area contributed by atoms with Crippen molar-refractivity contribution in [3.63, 3.8) is 0 Å². The van der Waals surface area contributed by atoms with Crippen LogP contribution in [0.3, 0.4) is 0 Å². The van der Waals surface area contributed by atoms with Crippen molar-refractivity contribution >= 4 is 16.5 Å². The maximum Gasteiger partial charge on any atom is 0.185 e. The van der Waals surface area contributed by atoms with Gasteiger partial charge in [-0.05, 0) is 44.4 Å². The van der Waals surface area contributed by atoms with Crippen molar-refractivity contribution in [3.8, 4) is 0 Å². The number of nitrogens with one attached hydrogen (secondary N) is 1. The topological polar surface area (TPSA) is 48.4 Å². The molecule has 1 aliphatic heterocycles. The number of hydrogen-bond donors (Lipinski definition) is 2. The number of thiazole rings is 1. The van der Waals surface area contributed by atoms with Gasteiger partial charge >= 0.3 is 0 Å². The standard InChI is InChI=1S/C18H24FN3OS/c1-13-11-24-17(21-13)22-9-7-16(8-10-22)20-12-18(2,23)14-3-5-15(19)6-4-14/h3-6,11,16,20,23H,7-10,12H2,1-2H3/t18-/m0/s1. The lowest BCUT2D eigenvalue weighted by Gasteiger charge is -2.34. The van der Waals surface area contributed by atoms with Gasteiger partial charge in [0.2, 0.25) is 0 Å². The third-order valence-corrected chi connectivity index (χ3v) is 5.59. The lowest BCUT2D eigenvalue weighted by molar-refractivity contribution is 0.0527. The van der Waals surface area contributed by atoms with Crippen LogP contribution in [0.2, 0.25) is 0 Å². The van der Waals surface area contributed by atoms with Gasteiger partial charge in [0.1, 0.15) is 5.82 Å². The lowest BCUT2D eigenvalue weighted by atomic mass is 9.95.